The molecule has 0 radical (unpaired) electrons. The summed E-state index contributed by atoms with van der Waals surface area (Å²) in [6, 6.07) is 15.6. The van der Waals surface area contributed by atoms with Gasteiger partial charge in [-0.3, -0.25) is 0 Å². The second-order valence-electron chi connectivity index (χ2n) is 5.33. The van der Waals surface area contributed by atoms with Gasteiger partial charge in [-0.25, -0.2) is 8.42 Å². The number of benzene rings is 2. The van der Waals surface area contributed by atoms with Crippen LogP contribution in [0.4, 0.5) is 0 Å². The van der Waals surface area contributed by atoms with E-state index >= 15 is 0 Å². The Bertz CT molecular complexity index is 804. The van der Waals surface area contributed by atoms with E-state index in [0.29, 0.717) is 9.92 Å². The van der Waals surface area contributed by atoms with Gasteiger partial charge < -0.3 is 5.73 Å². The first-order chi connectivity index (χ1) is 10.4. The summed E-state index contributed by atoms with van der Waals surface area (Å²) in [5.74, 6) is -0.540. The molecule has 22 heavy (non-hydrogen) atoms. The lowest BCUT2D eigenvalue weighted by atomic mass is 10.1. The molecular weight excluding hydrogens is 338 g/mol. The maximum Gasteiger partial charge on any atom is 0.182 e. The SMILES string of the molecule is NC(=S)C1C(c2ccc(Cl)cc2)C1S(=O)(=O)c1ccccc1. The van der Waals surface area contributed by atoms with Crippen molar-refractivity contribution in [3.05, 3.63) is 65.2 Å². The Kier molecular flexibility index (Phi) is 3.97. The van der Waals surface area contributed by atoms with Crippen molar-refractivity contribution in [1.82, 2.24) is 0 Å². The largest absolute Gasteiger partial charge is 0.393 e. The van der Waals surface area contributed by atoms with E-state index in [-0.39, 0.29) is 16.8 Å². The summed E-state index contributed by atoms with van der Waals surface area (Å²) in [7, 11) is -3.47. The minimum Gasteiger partial charge on any atom is -0.393 e. The van der Waals surface area contributed by atoms with Crippen LogP contribution in [0, 0.1) is 5.92 Å². The fourth-order valence-electron chi connectivity index (χ4n) is 2.86. The van der Waals surface area contributed by atoms with Crippen LogP contribution in [0.1, 0.15) is 11.5 Å². The zero-order valence-electron chi connectivity index (χ0n) is 11.5. The lowest BCUT2D eigenvalue weighted by Gasteiger charge is -2.04. The second kappa shape index (κ2) is 5.65. The maximum atomic E-state index is 12.8. The van der Waals surface area contributed by atoms with Crippen molar-refractivity contribution in [2.24, 2.45) is 11.7 Å². The standard InChI is InChI=1S/C16H14ClNO2S2/c17-11-8-6-10(7-9-11)13-14(16(18)21)15(13)22(19,20)12-4-2-1-3-5-12/h1-9,13-15H,(H2,18,21). The first-order valence-corrected chi connectivity index (χ1v) is 9.10. The number of hydrogen-bond donors (Lipinski definition) is 1. The van der Waals surface area contributed by atoms with Gasteiger partial charge in [0.2, 0.25) is 0 Å². The lowest BCUT2D eigenvalue weighted by molar-refractivity contribution is 0.593. The van der Waals surface area contributed by atoms with Gasteiger partial charge >= 0.3 is 0 Å². The fourth-order valence-corrected chi connectivity index (χ4v) is 5.54. The van der Waals surface area contributed by atoms with Crippen molar-refractivity contribution in [2.45, 2.75) is 16.1 Å². The van der Waals surface area contributed by atoms with E-state index in [1.807, 2.05) is 12.1 Å². The van der Waals surface area contributed by atoms with Gasteiger partial charge in [0.1, 0.15) is 0 Å². The van der Waals surface area contributed by atoms with Crippen LogP contribution >= 0.6 is 23.8 Å². The molecule has 3 unspecified atom stereocenters. The summed E-state index contributed by atoms with van der Waals surface area (Å²) < 4.78 is 25.6. The van der Waals surface area contributed by atoms with Crippen LogP contribution in [-0.4, -0.2) is 18.7 Å². The molecule has 0 saturated heterocycles. The zero-order valence-corrected chi connectivity index (χ0v) is 13.9. The summed E-state index contributed by atoms with van der Waals surface area (Å²) in [5.41, 5.74) is 6.66. The molecular formula is C16H14ClNO2S2. The Balaban J connectivity index is 1.99. The average Bonchev–Trinajstić information content (AvgIpc) is 3.25. The molecule has 2 aromatic rings. The maximum absolute atomic E-state index is 12.8. The number of thiocarbonyl (C=S) groups is 1. The van der Waals surface area contributed by atoms with Crippen LogP contribution in [0.3, 0.4) is 0 Å². The third-order valence-corrected chi connectivity index (χ3v) is 6.72. The van der Waals surface area contributed by atoms with Gasteiger partial charge in [-0.2, -0.15) is 0 Å². The fraction of sp³-hybridized carbons (Fsp3) is 0.188. The predicted octanol–water partition coefficient (Wildman–Crippen LogP) is 3.18. The highest BCUT2D eigenvalue weighted by Gasteiger charge is 2.60. The van der Waals surface area contributed by atoms with Gasteiger partial charge in [0.15, 0.2) is 9.84 Å². The highest BCUT2D eigenvalue weighted by molar-refractivity contribution is 7.92. The summed E-state index contributed by atoms with van der Waals surface area (Å²) in [6.45, 7) is 0. The molecule has 0 heterocycles. The van der Waals surface area contributed by atoms with E-state index in [0.717, 1.165) is 5.56 Å². The molecule has 1 saturated carbocycles. The van der Waals surface area contributed by atoms with Crippen LogP contribution in [-0.2, 0) is 9.84 Å². The highest BCUT2D eigenvalue weighted by atomic mass is 35.5. The van der Waals surface area contributed by atoms with Crippen LogP contribution in [0.25, 0.3) is 0 Å². The van der Waals surface area contributed by atoms with Gasteiger partial charge in [0, 0.05) is 16.9 Å². The molecule has 3 nitrogen and oxygen atoms in total. The minimum absolute atomic E-state index is 0.208. The lowest BCUT2D eigenvalue weighted by Crippen LogP contribution is -2.17. The van der Waals surface area contributed by atoms with Crippen molar-refractivity contribution in [1.29, 1.82) is 0 Å². The molecule has 0 amide bonds. The molecule has 114 valence electrons. The first-order valence-electron chi connectivity index (χ1n) is 6.76. The molecule has 0 bridgehead atoms. The summed E-state index contributed by atoms with van der Waals surface area (Å²) in [6.07, 6.45) is 0. The molecule has 6 heteroatoms. The number of hydrogen-bond acceptors (Lipinski definition) is 3. The topological polar surface area (TPSA) is 60.2 Å². The van der Waals surface area contributed by atoms with Gasteiger partial charge in [-0.15, -0.1) is 0 Å². The van der Waals surface area contributed by atoms with Crippen molar-refractivity contribution >= 4 is 38.6 Å². The Morgan fingerprint density at radius 3 is 2.18 bits per heavy atom. The minimum atomic E-state index is -3.47. The van der Waals surface area contributed by atoms with Crippen molar-refractivity contribution in [3.63, 3.8) is 0 Å². The third kappa shape index (κ3) is 2.64. The summed E-state index contributed by atoms with van der Waals surface area (Å²) >= 11 is 11.0. The van der Waals surface area contributed by atoms with Gasteiger partial charge in [0.05, 0.1) is 15.1 Å². The third-order valence-electron chi connectivity index (χ3n) is 3.97. The van der Waals surface area contributed by atoms with Crippen molar-refractivity contribution < 1.29 is 8.42 Å². The van der Waals surface area contributed by atoms with E-state index in [1.54, 1.807) is 42.5 Å². The monoisotopic (exact) mass is 351 g/mol. The number of nitrogens with two attached hydrogens (primary N) is 1. The number of halogens is 1. The molecule has 3 rings (SSSR count). The van der Waals surface area contributed by atoms with Crippen LogP contribution in [0.5, 0.6) is 0 Å². The van der Waals surface area contributed by atoms with E-state index in [4.69, 9.17) is 29.6 Å². The normalized spacial score (nSPS) is 24.0. The van der Waals surface area contributed by atoms with Gasteiger partial charge in [0.25, 0.3) is 0 Å². The highest BCUT2D eigenvalue weighted by Crippen LogP contribution is 2.54. The molecule has 3 atom stereocenters. The molecule has 1 fully saturated rings. The Morgan fingerprint density at radius 2 is 1.64 bits per heavy atom. The molecule has 2 N–H and O–H groups in total. The van der Waals surface area contributed by atoms with Crippen LogP contribution in [0.2, 0.25) is 5.02 Å². The van der Waals surface area contributed by atoms with E-state index in [1.165, 1.54) is 0 Å². The molecule has 0 spiro atoms. The molecule has 1 aliphatic carbocycles. The summed E-state index contributed by atoms with van der Waals surface area (Å²) in [4.78, 5) is 0.544. The number of sulfone groups is 1. The number of rotatable bonds is 4. The molecule has 1 aliphatic rings. The summed E-state index contributed by atoms with van der Waals surface area (Å²) in [5, 5.41) is 0.00678. The van der Waals surface area contributed by atoms with E-state index in [2.05, 4.69) is 0 Å². The van der Waals surface area contributed by atoms with Crippen LogP contribution < -0.4 is 5.73 Å². The molecule has 0 aliphatic heterocycles. The van der Waals surface area contributed by atoms with Crippen LogP contribution in [0.15, 0.2) is 59.5 Å². The average molecular weight is 352 g/mol. The van der Waals surface area contributed by atoms with Gasteiger partial charge in [-0.05, 0) is 29.8 Å². The van der Waals surface area contributed by atoms with E-state index in [9.17, 15) is 8.42 Å². The zero-order chi connectivity index (χ0) is 15.9. The van der Waals surface area contributed by atoms with Crippen molar-refractivity contribution in [3.8, 4) is 0 Å². The predicted molar refractivity (Wildman–Crippen MR) is 91.9 cm³/mol. The second-order valence-corrected chi connectivity index (χ2v) is 8.34. The van der Waals surface area contributed by atoms with Crippen molar-refractivity contribution in [2.75, 3.05) is 0 Å². The molecule has 2 aromatic carbocycles. The molecule has 0 aromatic heterocycles. The van der Waals surface area contributed by atoms with E-state index < -0.39 is 15.1 Å². The Morgan fingerprint density at radius 1 is 1.05 bits per heavy atom. The first kappa shape index (κ1) is 15.5. The Hall–Kier alpha value is -1.43. The van der Waals surface area contributed by atoms with Gasteiger partial charge in [-0.1, -0.05) is 54.2 Å². The quantitative estimate of drug-likeness (QED) is 0.859. The Labute approximate surface area is 140 Å². The smallest absolute Gasteiger partial charge is 0.182 e.